The normalized spacial score (nSPS) is 9.95. The summed E-state index contributed by atoms with van der Waals surface area (Å²) in [4.78, 5) is 22.8. The highest BCUT2D eigenvalue weighted by Gasteiger charge is 2.17. The lowest BCUT2D eigenvalue weighted by atomic mass is 10.1. The number of amides is 1. The van der Waals surface area contributed by atoms with Crippen LogP contribution < -0.4 is 14.8 Å². The molecule has 0 spiro atoms. The van der Waals surface area contributed by atoms with Gasteiger partial charge in [-0.25, -0.2) is 4.79 Å². The summed E-state index contributed by atoms with van der Waals surface area (Å²) in [7, 11) is 2.83. The van der Waals surface area contributed by atoms with E-state index in [4.69, 9.17) is 14.6 Å². The van der Waals surface area contributed by atoms with Crippen molar-refractivity contribution in [3.05, 3.63) is 17.7 Å². The average molecular weight is 299 g/mol. The van der Waals surface area contributed by atoms with Gasteiger partial charge in [-0.05, 0) is 18.4 Å². The number of benzene rings is 1. The summed E-state index contributed by atoms with van der Waals surface area (Å²) >= 11 is 1.56. The first kappa shape index (κ1) is 16.2. The number of carboxylic acids is 1. The van der Waals surface area contributed by atoms with Gasteiger partial charge in [0.1, 0.15) is 0 Å². The Morgan fingerprint density at radius 3 is 2.50 bits per heavy atom. The van der Waals surface area contributed by atoms with Gasteiger partial charge in [-0.15, -0.1) is 0 Å². The lowest BCUT2D eigenvalue weighted by Crippen LogP contribution is -2.14. The molecular formula is C13H17NO5S. The molecule has 0 fully saturated rings. The molecule has 0 saturated heterocycles. The minimum absolute atomic E-state index is 0.0165. The predicted octanol–water partition coefficient (Wildman–Crippen LogP) is 2.09. The summed E-state index contributed by atoms with van der Waals surface area (Å²) in [6.07, 6.45) is 2.24. The molecule has 0 aliphatic heterocycles. The quantitative estimate of drug-likeness (QED) is 0.802. The van der Waals surface area contributed by atoms with Crippen molar-refractivity contribution >= 4 is 29.3 Å². The summed E-state index contributed by atoms with van der Waals surface area (Å²) in [5.74, 6) is -0.0699. The lowest BCUT2D eigenvalue weighted by Gasteiger charge is -2.14. The predicted molar refractivity (Wildman–Crippen MR) is 78.1 cm³/mol. The molecule has 0 heterocycles. The third kappa shape index (κ3) is 4.06. The molecule has 0 aromatic heterocycles. The van der Waals surface area contributed by atoms with Crippen molar-refractivity contribution in [2.75, 3.05) is 31.5 Å². The van der Waals surface area contributed by atoms with Crippen LogP contribution in [0.25, 0.3) is 0 Å². The van der Waals surface area contributed by atoms with Crippen LogP contribution in [0.15, 0.2) is 12.1 Å². The molecule has 6 nitrogen and oxygen atoms in total. The molecular weight excluding hydrogens is 282 g/mol. The van der Waals surface area contributed by atoms with Gasteiger partial charge in [0, 0.05) is 12.2 Å². The van der Waals surface area contributed by atoms with Crippen LogP contribution in [0.2, 0.25) is 0 Å². The van der Waals surface area contributed by atoms with Crippen molar-refractivity contribution in [3.8, 4) is 11.5 Å². The van der Waals surface area contributed by atoms with Crippen molar-refractivity contribution < 1.29 is 24.2 Å². The molecule has 0 saturated carbocycles. The Bertz CT molecular complexity index is 504. The summed E-state index contributed by atoms with van der Waals surface area (Å²) < 4.78 is 10.3. The second-order valence-corrected chi connectivity index (χ2v) is 4.84. The lowest BCUT2D eigenvalue weighted by molar-refractivity contribution is -0.115. The van der Waals surface area contributed by atoms with Crippen molar-refractivity contribution in [3.63, 3.8) is 0 Å². The van der Waals surface area contributed by atoms with Crippen LogP contribution in [0.3, 0.4) is 0 Å². The number of hydrogen-bond donors (Lipinski definition) is 2. The number of carbonyl (C=O) groups is 2. The van der Waals surface area contributed by atoms with E-state index in [0.717, 1.165) is 0 Å². The maximum Gasteiger partial charge on any atom is 0.335 e. The van der Waals surface area contributed by atoms with E-state index < -0.39 is 5.97 Å². The number of nitrogens with one attached hydrogen (secondary N) is 1. The van der Waals surface area contributed by atoms with E-state index in [1.54, 1.807) is 11.8 Å². The van der Waals surface area contributed by atoms with Crippen molar-refractivity contribution in [1.29, 1.82) is 0 Å². The largest absolute Gasteiger partial charge is 0.493 e. The Morgan fingerprint density at radius 2 is 2.00 bits per heavy atom. The number of rotatable bonds is 7. The second kappa shape index (κ2) is 7.64. The number of hydrogen-bond acceptors (Lipinski definition) is 5. The number of carbonyl (C=O) groups excluding carboxylic acids is 1. The molecule has 7 heteroatoms. The Balaban J connectivity index is 3.11. The van der Waals surface area contributed by atoms with E-state index in [2.05, 4.69) is 5.32 Å². The molecule has 1 amide bonds. The van der Waals surface area contributed by atoms with Gasteiger partial charge in [0.05, 0.1) is 25.5 Å². The standard InChI is InChI=1S/C13H17NO5S/c1-18-10-7-8(13(16)17)6-9(12(10)19-2)14-11(15)4-5-20-3/h6-7H,4-5H2,1-3H3,(H,14,15)(H,16,17). The summed E-state index contributed by atoms with van der Waals surface area (Å²) in [6.45, 7) is 0. The number of anilines is 1. The first-order valence-electron chi connectivity index (χ1n) is 5.81. The Morgan fingerprint density at radius 1 is 1.30 bits per heavy atom. The van der Waals surface area contributed by atoms with E-state index in [9.17, 15) is 9.59 Å². The number of carboxylic acid groups (broad SMARTS) is 1. The summed E-state index contributed by atoms with van der Waals surface area (Å²) in [5.41, 5.74) is 0.304. The van der Waals surface area contributed by atoms with Gasteiger partial charge >= 0.3 is 5.97 Å². The molecule has 0 radical (unpaired) electrons. The zero-order valence-electron chi connectivity index (χ0n) is 11.6. The van der Waals surface area contributed by atoms with Gasteiger partial charge in [0.15, 0.2) is 11.5 Å². The molecule has 1 aromatic carbocycles. The third-order valence-electron chi connectivity index (χ3n) is 2.53. The van der Waals surface area contributed by atoms with Crippen LogP contribution >= 0.6 is 11.8 Å². The van der Waals surface area contributed by atoms with Crippen LogP contribution in [0.5, 0.6) is 11.5 Å². The number of aromatic carboxylic acids is 1. The highest BCUT2D eigenvalue weighted by Crippen LogP contribution is 2.36. The molecule has 0 aliphatic carbocycles. The maximum absolute atomic E-state index is 11.8. The van der Waals surface area contributed by atoms with E-state index in [0.29, 0.717) is 17.9 Å². The van der Waals surface area contributed by atoms with E-state index in [1.165, 1.54) is 26.4 Å². The van der Waals surface area contributed by atoms with Gasteiger partial charge in [0.2, 0.25) is 5.91 Å². The molecule has 0 unspecified atom stereocenters. The molecule has 0 bridgehead atoms. The van der Waals surface area contributed by atoms with E-state index >= 15 is 0 Å². The fraction of sp³-hybridized carbons (Fsp3) is 0.385. The first-order valence-corrected chi connectivity index (χ1v) is 7.21. The van der Waals surface area contributed by atoms with Crippen LogP contribution in [-0.2, 0) is 4.79 Å². The molecule has 2 N–H and O–H groups in total. The van der Waals surface area contributed by atoms with E-state index in [1.807, 2.05) is 6.26 Å². The Hall–Kier alpha value is -1.89. The van der Waals surface area contributed by atoms with Gasteiger partial charge < -0.3 is 19.9 Å². The van der Waals surface area contributed by atoms with Crippen LogP contribution in [0.1, 0.15) is 16.8 Å². The van der Waals surface area contributed by atoms with Crippen molar-refractivity contribution in [2.24, 2.45) is 0 Å². The highest BCUT2D eigenvalue weighted by atomic mass is 32.2. The van der Waals surface area contributed by atoms with Crippen LogP contribution in [0.4, 0.5) is 5.69 Å². The van der Waals surface area contributed by atoms with Crippen molar-refractivity contribution in [1.82, 2.24) is 0 Å². The first-order chi connectivity index (χ1) is 9.53. The minimum atomic E-state index is -1.11. The molecule has 0 atom stereocenters. The van der Waals surface area contributed by atoms with Crippen LogP contribution in [-0.4, -0.2) is 43.2 Å². The topological polar surface area (TPSA) is 84.9 Å². The second-order valence-electron chi connectivity index (χ2n) is 3.86. The molecule has 1 rings (SSSR count). The summed E-state index contributed by atoms with van der Waals surface area (Å²) in [5, 5.41) is 11.7. The third-order valence-corrected chi connectivity index (χ3v) is 3.15. The number of thioether (sulfide) groups is 1. The SMILES string of the molecule is COc1cc(C(=O)O)cc(NC(=O)CCSC)c1OC. The molecule has 110 valence electrons. The van der Waals surface area contributed by atoms with Gasteiger partial charge in [0.25, 0.3) is 0 Å². The van der Waals surface area contributed by atoms with E-state index in [-0.39, 0.29) is 22.9 Å². The zero-order chi connectivity index (χ0) is 15.1. The monoisotopic (exact) mass is 299 g/mol. The van der Waals surface area contributed by atoms with Crippen LogP contribution in [0, 0.1) is 0 Å². The fourth-order valence-corrected chi connectivity index (χ4v) is 1.98. The van der Waals surface area contributed by atoms with Gasteiger partial charge in [-0.3, -0.25) is 4.79 Å². The van der Waals surface area contributed by atoms with Crippen molar-refractivity contribution in [2.45, 2.75) is 6.42 Å². The fourth-order valence-electron chi connectivity index (χ4n) is 1.59. The number of ether oxygens (including phenoxy) is 2. The Labute approximate surface area is 121 Å². The highest BCUT2D eigenvalue weighted by molar-refractivity contribution is 7.98. The molecule has 20 heavy (non-hydrogen) atoms. The molecule has 0 aliphatic rings. The zero-order valence-corrected chi connectivity index (χ0v) is 12.4. The summed E-state index contributed by atoms with van der Waals surface area (Å²) in [6, 6.07) is 2.69. The smallest absolute Gasteiger partial charge is 0.335 e. The van der Waals surface area contributed by atoms with Gasteiger partial charge in [-0.2, -0.15) is 11.8 Å². The number of methoxy groups -OCH3 is 2. The Kier molecular flexibility index (Phi) is 6.17. The van der Waals surface area contributed by atoms with Gasteiger partial charge in [-0.1, -0.05) is 0 Å². The maximum atomic E-state index is 11.8. The minimum Gasteiger partial charge on any atom is -0.493 e. The molecule has 1 aromatic rings. The average Bonchev–Trinajstić information content (AvgIpc) is 2.43.